The fourth-order valence-electron chi connectivity index (χ4n) is 7.22. The number of carbonyl (C=O) groups is 2. The van der Waals surface area contributed by atoms with Gasteiger partial charge in [0.05, 0.1) is 0 Å². The van der Waals surface area contributed by atoms with Crippen molar-refractivity contribution in [1.82, 2.24) is 10.6 Å². The predicted molar refractivity (Wildman–Crippen MR) is 107 cm³/mol. The molecule has 0 radical (unpaired) electrons. The minimum Gasteiger partial charge on any atom is -0.351 e. The molecule has 2 N–H and O–H groups in total. The summed E-state index contributed by atoms with van der Waals surface area (Å²) in [5, 5.41) is 6.48. The summed E-state index contributed by atoms with van der Waals surface area (Å²) in [4.78, 5) is 24.9. The van der Waals surface area contributed by atoms with E-state index in [1.165, 1.54) is 19.3 Å². The summed E-state index contributed by atoms with van der Waals surface area (Å²) < 4.78 is 0. The molecule has 0 bridgehead atoms. The number of carbonyl (C=O) groups excluding carboxylic acids is 2. The smallest absolute Gasteiger partial charge is 0.243 e. The standard InChI is InChI=1S/C23H36N2O2/c1-21(2,3)25-20(27)17-8-7-15-14-6-9-18-23(5,13-11-19(26)24-18)16(14)10-12-22(15,17)4/h11,13-18H,6-10,12H2,1-5H3,(H,24,26)(H,25,27)/t14-,15-,16-,17?,18?,22-,23+/m0/s1. The Balaban J connectivity index is 1.58. The lowest BCUT2D eigenvalue weighted by Crippen LogP contribution is -2.59. The van der Waals surface area contributed by atoms with Crippen LogP contribution in [0.2, 0.25) is 0 Å². The highest BCUT2D eigenvalue weighted by Gasteiger charge is 2.60. The topological polar surface area (TPSA) is 58.2 Å². The van der Waals surface area contributed by atoms with Crippen LogP contribution in [0, 0.1) is 34.5 Å². The third kappa shape index (κ3) is 2.94. The Bertz CT molecular complexity index is 678. The van der Waals surface area contributed by atoms with Crippen LogP contribution in [0.15, 0.2) is 12.2 Å². The monoisotopic (exact) mass is 372 g/mol. The molecule has 3 saturated carbocycles. The first-order valence-corrected chi connectivity index (χ1v) is 10.9. The molecule has 3 fully saturated rings. The van der Waals surface area contributed by atoms with E-state index >= 15 is 0 Å². The van der Waals surface area contributed by atoms with Crippen LogP contribution in [0.3, 0.4) is 0 Å². The zero-order valence-electron chi connectivity index (χ0n) is 17.6. The summed E-state index contributed by atoms with van der Waals surface area (Å²) in [5.41, 5.74) is 0.0323. The first-order chi connectivity index (χ1) is 12.5. The number of rotatable bonds is 1. The van der Waals surface area contributed by atoms with Crippen LogP contribution in [0.25, 0.3) is 0 Å². The highest BCUT2D eigenvalue weighted by atomic mass is 16.2. The van der Waals surface area contributed by atoms with Crippen molar-refractivity contribution in [3.05, 3.63) is 12.2 Å². The summed E-state index contributed by atoms with van der Waals surface area (Å²) in [5.74, 6) is 2.41. The molecule has 1 heterocycles. The molecule has 3 aliphatic carbocycles. The molecule has 1 aliphatic heterocycles. The normalized spacial score (nSPS) is 46.1. The van der Waals surface area contributed by atoms with Crippen molar-refractivity contribution in [2.24, 2.45) is 34.5 Å². The van der Waals surface area contributed by atoms with Gasteiger partial charge < -0.3 is 10.6 Å². The van der Waals surface area contributed by atoms with Gasteiger partial charge in [0.1, 0.15) is 0 Å². The van der Waals surface area contributed by atoms with E-state index in [0.29, 0.717) is 17.8 Å². The number of nitrogens with one attached hydrogen (secondary N) is 2. The third-order valence-electron chi connectivity index (χ3n) is 8.50. The van der Waals surface area contributed by atoms with Crippen LogP contribution in [0.5, 0.6) is 0 Å². The molecule has 0 saturated heterocycles. The first kappa shape index (κ1) is 19.0. The fourth-order valence-corrected chi connectivity index (χ4v) is 7.22. The predicted octanol–water partition coefficient (Wildman–Crippen LogP) is 3.81. The van der Waals surface area contributed by atoms with Gasteiger partial charge in [0.15, 0.2) is 0 Å². The molecule has 4 rings (SSSR count). The highest BCUT2D eigenvalue weighted by Crippen LogP contribution is 2.65. The Morgan fingerprint density at radius 1 is 1.11 bits per heavy atom. The van der Waals surface area contributed by atoms with Gasteiger partial charge in [-0.1, -0.05) is 19.9 Å². The van der Waals surface area contributed by atoms with Gasteiger partial charge in [0.25, 0.3) is 0 Å². The Morgan fingerprint density at radius 2 is 1.85 bits per heavy atom. The van der Waals surface area contributed by atoms with Crippen molar-refractivity contribution in [2.75, 3.05) is 0 Å². The Morgan fingerprint density at radius 3 is 2.56 bits per heavy atom. The van der Waals surface area contributed by atoms with Crippen molar-refractivity contribution in [3.8, 4) is 0 Å². The number of hydrogen-bond acceptors (Lipinski definition) is 2. The number of fused-ring (bicyclic) bond motifs is 5. The fraction of sp³-hybridized carbons (Fsp3) is 0.826. The molecule has 4 nitrogen and oxygen atoms in total. The van der Waals surface area contributed by atoms with Crippen LogP contribution >= 0.6 is 0 Å². The maximum absolute atomic E-state index is 13.0. The SMILES string of the molecule is CC(C)(C)NC(=O)C1CC[C@H]2[C@@H]3CCC4NC(=O)C=C[C@]4(C)[C@H]3CC[C@]12C. The molecule has 2 unspecified atom stereocenters. The molecule has 4 aliphatic rings. The van der Waals surface area contributed by atoms with Gasteiger partial charge in [-0.25, -0.2) is 0 Å². The second-order valence-corrected chi connectivity index (χ2v) is 11.1. The molecule has 0 spiro atoms. The van der Waals surface area contributed by atoms with Gasteiger partial charge in [-0.2, -0.15) is 0 Å². The largest absolute Gasteiger partial charge is 0.351 e. The molecule has 0 aromatic carbocycles. The van der Waals surface area contributed by atoms with E-state index in [-0.39, 0.29) is 40.1 Å². The van der Waals surface area contributed by atoms with Crippen molar-refractivity contribution in [1.29, 1.82) is 0 Å². The van der Waals surface area contributed by atoms with Crippen molar-refractivity contribution < 1.29 is 9.59 Å². The van der Waals surface area contributed by atoms with E-state index in [1.807, 2.05) is 0 Å². The number of amides is 2. The molecule has 150 valence electrons. The number of hydrogen-bond donors (Lipinski definition) is 2. The lowest BCUT2D eigenvalue weighted by Gasteiger charge is -2.58. The lowest BCUT2D eigenvalue weighted by molar-refractivity contribution is -0.135. The zero-order valence-corrected chi connectivity index (χ0v) is 17.6. The molecule has 4 heteroatoms. The highest BCUT2D eigenvalue weighted by molar-refractivity contribution is 5.89. The van der Waals surface area contributed by atoms with Gasteiger partial charge in [0.2, 0.25) is 11.8 Å². The van der Waals surface area contributed by atoms with Crippen LogP contribution < -0.4 is 10.6 Å². The second kappa shape index (κ2) is 6.09. The Kier molecular flexibility index (Phi) is 4.29. The average Bonchev–Trinajstić information content (AvgIpc) is 2.91. The van der Waals surface area contributed by atoms with E-state index in [1.54, 1.807) is 6.08 Å². The van der Waals surface area contributed by atoms with Crippen LogP contribution in [-0.4, -0.2) is 23.4 Å². The zero-order chi connectivity index (χ0) is 19.6. The van der Waals surface area contributed by atoms with Crippen LogP contribution in [0.1, 0.15) is 73.1 Å². The quantitative estimate of drug-likeness (QED) is 0.735. The maximum Gasteiger partial charge on any atom is 0.243 e. The Hall–Kier alpha value is -1.32. The van der Waals surface area contributed by atoms with E-state index in [2.05, 4.69) is 51.3 Å². The van der Waals surface area contributed by atoms with Crippen LogP contribution in [0.4, 0.5) is 0 Å². The van der Waals surface area contributed by atoms with Crippen molar-refractivity contribution in [2.45, 2.75) is 84.7 Å². The molecule has 0 aromatic heterocycles. The molecule has 2 amide bonds. The lowest BCUT2D eigenvalue weighted by atomic mass is 9.48. The molecule has 7 atom stereocenters. The van der Waals surface area contributed by atoms with Crippen LogP contribution in [-0.2, 0) is 9.59 Å². The summed E-state index contributed by atoms with van der Waals surface area (Å²) in [6.45, 7) is 11.0. The minimum atomic E-state index is -0.167. The average molecular weight is 373 g/mol. The van der Waals surface area contributed by atoms with E-state index in [0.717, 1.165) is 19.3 Å². The molecular formula is C23H36N2O2. The Labute approximate surface area is 163 Å². The third-order valence-corrected chi connectivity index (χ3v) is 8.50. The summed E-state index contributed by atoms with van der Waals surface area (Å²) in [6.07, 6.45) is 10.7. The van der Waals surface area contributed by atoms with E-state index in [9.17, 15) is 9.59 Å². The summed E-state index contributed by atoms with van der Waals surface area (Å²) in [7, 11) is 0. The second-order valence-electron chi connectivity index (χ2n) is 11.1. The van der Waals surface area contributed by atoms with E-state index < -0.39 is 0 Å². The van der Waals surface area contributed by atoms with Gasteiger partial charge in [-0.05, 0) is 88.5 Å². The molecular weight excluding hydrogens is 336 g/mol. The van der Waals surface area contributed by atoms with Gasteiger partial charge in [0, 0.05) is 22.9 Å². The minimum absolute atomic E-state index is 0.0661. The van der Waals surface area contributed by atoms with E-state index in [4.69, 9.17) is 0 Å². The summed E-state index contributed by atoms with van der Waals surface area (Å²) >= 11 is 0. The van der Waals surface area contributed by atoms with Gasteiger partial charge >= 0.3 is 0 Å². The maximum atomic E-state index is 13.0. The molecule has 0 aromatic rings. The first-order valence-electron chi connectivity index (χ1n) is 10.9. The van der Waals surface area contributed by atoms with Crippen molar-refractivity contribution >= 4 is 11.8 Å². The van der Waals surface area contributed by atoms with Crippen molar-refractivity contribution in [3.63, 3.8) is 0 Å². The van der Waals surface area contributed by atoms with Gasteiger partial charge in [-0.3, -0.25) is 9.59 Å². The van der Waals surface area contributed by atoms with Gasteiger partial charge in [-0.15, -0.1) is 0 Å². The molecule has 27 heavy (non-hydrogen) atoms. The summed E-state index contributed by atoms with van der Waals surface area (Å²) in [6, 6.07) is 0.280.